The molecule has 3 saturated carbocycles. The highest BCUT2D eigenvalue weighted by Gasteiger charge is 2.62. The van der Waals surface area contributed by atoms with Gasteiger partial charge in [0.1, 0.15) is 0 Å². The molecule has 1 nitrogen and oxygen atoms in total. The summed E-state index contributed by atoms with van der Waals surface area (Å²) >= 11 is 3.96. The molecule has 2 heteroatoms. The quantitative estimate of drug-likeness (QED) is 0.423. The Morgan fingerprint density at radius 3 is 2.83 bits per heavy atom. The Kier molecular flexibility index (Phi) is 3.62. The number of carbonyl (C=O) groups excluding carboxylic acids is 1. The zero-order valence-electron chi connectivity index (χ0n) is 14.3. The Labute approximate surface area is 148 Å². The molecule has 0 aromatic carbocycles. The summed E-state index contributed by atoms with van der Waals surface area (Å²) in [7, 11) is 0. The van der Waals surface area contributed by atoms with E-state index >= 15 is 0 Å². The van der Waals surface area contributed by atoms with Gasteiger partial charge in [0.25, 0.3) is 0 Å². The Bertz CT molecular complexity index is 614. The van der Waals surface area contributed by atoms with Crippen LogP contribution >= 0.6 is 15.9 Å². The second-order valence-electron chi connectivity index (χ2n) is 8.80. The zero-order valence-corrected chi connectivity index (χ0v) is 15.9. The monoisotopic (exact) mass is 374 g/mol. The van der Waals surface area contributed by atoms with Gasteiger partial charge in [-0.15, -0.1) is 6.42 Å². The van der Waals surface area contributed by atoms with Crippen molar-refractivity contribution >= 4 is 21.7 Å². The van der Waals surface area contributed by atoms with Crippen molar-refractivity contribution in [3.05, 3.63) is 11.6 Å². The van der Waals surface area contributed by atoms with Crippen molar-refractivity contribution < 1.29 is 4.79 Å². The number of halogens is 1. The number of hydrogen-bond acceptors (Lipinski definition) is 1. The van der Waals surface area contributed by atoms with Gasteiger partial charge in [-0.25, -0.2) is 0 Å². The van der Waals surface area contributed by atoms with Crippen LogP contribution in [0.25, 0.3) is 0 Å². The lowest BCUT2D eigenvalue weighted by atomic mass is 9.49. The molecule has 0 spiro atoms. The summed E-state index contributed by atoms with van der Waals surface area (Å²) in [5.74, 6) is 7.14. The Hall–Kier alpha value is -0.550. The highest BCUT2D eigenvalue weighted by Crippen LogP contribution is 2.67. The van der Waals surface area contributed by atoms with Gasteiger partial charge in [0.2, 0.25) is 0 Å². The molecule has 124 valence electrons. The van der Waals surface area contributed by atoms with E-state index in [0.29, 0.717) is 17.6 Å². The van der Waals surface area contributed by atoms with Crippen molar-refractivity contribution in [2.75, 3.05) is 0 Å². The lowest BCUT2D eigenvalue weighted by Gasteiger charge is -2.57. The second kappa shape index (κ2) is 5.22. The third kappa shape index (κ3) is 2.08. The summed E-state index contributed by atoms with van der Waals surface area (Å²) < 4.78 is -0.103. The van der Waals surface area contributed by atoms with Crippen LogP contribution in [-0.2, 0) is 4.79 Å². The molecular weight excluding hydrogens is 348 g/mol. The topological polar surface area (TPSA) is 17.1 Å². The van der Waals surface area contributed by atoms with Crippen LogP contribution < -0.4 is 0 Å². The second-order valence-corrected chi connectivity index (χ2v) is 10.2. The number of alkyl halides is 1. The fourth-order valence-electron chi connectivity index (χ4n) is 6.81. The van der Waals surface area contributed by atoms with Gasteiger partial charge in [-0.2, -0.15) is 0 Å². The minimum atomic E-state index is -0.103. The van der Waals surface area contributed by atoms with Crippen molar-refractivity contribution in [1.29, 1.82) is 0 Å². The van der Waals surface area contributed by atoms with E-state index in [1.54, 1.807) is 0 Å². The van der Waals surface area contributed by atoms with Crippen molar-refractivity contribution in [2.45, 2.75) is 63.1 Å². The number of ketones is 1. The molecule has 0 heterocycles. The molecule has 0 bridgehead atoms. The van der Waals surface area contributed by atoms with Crippen LogP contribution in [0.4, 0.5) is 0 Å². The maximum absolute atomic E-state index is 11.8. The zero-order chi connectivity index (χ0) is 16.4. The normalized spacial score (nSPS) is 52.0. The highest BCUT2D eigenvalue weighted by atomic mass is 79.9. The average molecular weight is 375 g/mol. The van der Waals surface area contributed by atoms with E-state index in [0.717, 1.165) is 43.4 Å². The molecule has 0 aromatic rings. The lowest BCUT2D eigenvalue weighted by Crippen LogP contribution is -2.52. The van der Waals surface area contributed by atoms with E-state index in [9.17, 15) is 4.79 Å². The molecule has 23 heavy (non-hydrogen) atoms. The van der Waals surface area contributed by atoms with Crippen molar-refractivity contribution in [3.63, 3.8) is 0 Å². The maximum Gasteiger partial charge on any atom is 0.155 e. The molecule has 0 saturated heterocycles. The number of terminal acetylenes is 1. The molecule has 3 fully saturated rings. The van der Waals surface area contributed by atoms with Crippen LogP contribution in [0, 0.1) is 47.3 Å². The predicted molar refractivity (Wildman–Crippen MR) is 97.1 cm³/mol. The first-order valence-electron chi connectivity index (χ1n) is 9.29. The van der Waals surface area contributed by atoms with Crippen molar-refractivity contribution in [1.82, 2.24) is 0 Å². The number of fused-ring (bicyclic) bond motifs is 5. The third-order valence-corrected chi connectivity index (χ3v) is 9.50. The van der Waals surface area contributed by atoms with E-state index < -0.39 is 0 Å². The Morgan fingerprint density at radius 1 is 1.30 bits per heavy atom. The third-order valence-electron chi connectivity index (χ3n) is 7.96. The molecule has 4 aliphatic carbocycles. The number of carbonyl (C=O) groups is 1. The molecule has 7 atom stereocenters. The lowest BCUT2D eigenvalue weighted by molar-refractivity contribution is -0.116. The minimum absolute atomic E-state index is 0.103. The SMILES string of the molecule is C#C[C@@]1(Br)CCC2C3C(CC[C@@]21C)C1CCC(=O)C=C1C[C@H]3C. The highest BCUT2D eigenvalue weighted by molar-refractivity contribution is 9.10. The smallest absolute Gasteiger partial charge is 0.155 e. The van der Waals surface area contributed by atoms with Gasteiger partial charge in [0, 0.05) is 6.42 Å². The number of rotatable bonds is 0. The Morgan fingerprint density at radius 2 is 2.09 bits per heavy atom. The first-order valence-corrected chi connectivity index (χ1v) is 10.1. The van der Waals surface area contributed by atoms with E-state index in [2.05, 4.69) is 35.7 Å². The van der Waals surface area contributed by atoms with E-state index in [1.807, 2.05) is 6.08 Å². The van der Waals surface area contributed by atoms with Crippen LogP contribution in [0.15, 0.2) is 11.6 Å². The minimum Gasteiger partial charge on any atom is -0.295 e. The number of hydrogen-bond donors (Lipinski definition) is 0. The molecule has 0 N–H and O–H groups in total. The predicted octanol–water partition coefficient (Wildman–Crippen LogP) is 5.14. The first kappa shape index (κ1) is 15.9. The van der Waals surface area contributed by atoms with Crippen molar-refractivity contribution in [2.24, 2.45) is 35.0 Å². The summed E-state index contributed by atoms with van der Waals surface area (Å²) in [6.07, 6.45) is 15.8. The van der Waals surface area contributed by atoms with Gasteiger partial charge in [-0.05, 0) is 79.6 Å². The van der Waals surface area contributed by atoms with Gasteiger partial charge >= 0.3 is 0 Å². The standard InChI is InChI=1S/C21H27BrO/c1-4-21(22)10-8-18-19-13(2)11-14-12-15(23)5-6-16(14)17(19)7-9-20(18,21)3/h1,12-13,16-19H,5-11H2,2-3H3/t13-,16?,17?,18?,19?,20+,21-/m1/s1. The van der Waals surface area contributed by atoms with E-state index in [-0.39, 0.29) is 9.74 Å². The molecule has 0 aromatic heterocycles. The van der Waals surface area contributed by atoms with Gasteiger partial charge < -0.3 is 0 Å². The first-order chi connectivity index (χ1) is 10.9. The van der Waals surface area contributed by atoms with Crippen molar-refractivity contribution in [3.8, 4) is 12.3 Å². The van der Waals surface area contributed by atoms with E-state index in [4.69, 9.17) is 6.42 Å². The van der Waals surface area contributed by atoms with E-state index in [1.165, 1.54) is 24.8 Å². The molecular formula is C21H27BrO. The van der Waals surface area contributed by atoms with Gasteiger partial charge in [-0.1, -0.05) is 41.3 Å². The van der Waals surface area contributed by atoms with Gasteiger partial charge in [0.15, 0.2) is 5.78 Å². The molecule has 0 aliphatic heterocycles. The summed E-state index contributed by atoms with van der Waals surface area (Å²) in [4.78, 5) is 11.8. The van der Waals surface area contributed by atoms with Crippen LogP contribution in [0.2, 0.25) is 0 Å². The maximum atomic E-state index is 11.8. The average Bonchev–Trinajstić information content (AvgIpc) is 2.79. The fraction of sp³-hybridized carbons (Fsp3) is 0.762. The summed E-state index contributed by atoms with van der Waals surface area (Å²) in [6, 6.07) is 0. The van der Waals surface area contributed by atoms with Gasteiger partial charge in [-0.3, -0.25) is 4.79 Å². The van der Waals surface area contributed by atoms with Gasteiger partial charge in [0.05, 0.1) is 4.32 Å². The largest absolute Gasteiger partial charge is 0.295 e. The van der Waals surface area contributed by atoms with Crippen LogP contribution in [0.5, 0.6) is 0 Å². The molecule has 4 unspecified atom stereocenters. The molecule has 0 amide bonds. The molecule has 4 aliphatic rings. The molecule has 4 rings (SSSR count). The number of allylic oxidation sites excluding steroid dienone is 1. The van der Waals surface area contributed by atoms with Crippen LogP contribution in [0.3, 0.4) is 0 Å². The van der Waals surface area contributed by atoms with Crippen LogP contribution in [-0.4, -0.2) is 10.1 Å². The summed E-state index contributed by atoms with van der Waals surface area (Å²) in [5, 5.41) is 0. The Balaban J connectivity index is 1.70. The summed E-state index contributed by atoms with van der Waals surface area (Å²) in [5.41, 5.74) is 1.71. The fourth-order valence-corrected chi connectivity index (χ4v) is 7.53. The molecule has 0 radical (unpaired) electrons. The van der Waals surface area contributed by atoms with Crippen LogP contribution in [0.1, 0.15) is 58.8 Å². The summed E-state index contributed by atoms with van der Waals surface area (Å²) in [6.45, 7) is 4.86.